The quantitative estimate of drug-likeness (QED) is 0.263. The molecule has 2 atom stereocenters. The van der Waals surface area contributed by atoms with E-state index < -0.39 is 27.0 Å². The number of carbonyl (C=O) groups excluding carboxylic acids is 3. The molecule has 9 nitrogen and oxygen atoms in total. The van der Waals surface area contributed by atoms with E-state index in [2.05, 4.69) is 31.9 Å². The second kappa shape index (κ2) is 10.8. The van der Waals surface area contributed by atoms with Gasteiger partial charge >= 0.3 is 5.97 Å². The van der Waals surface area contributed by atoms with Gasteiger partial charge in [-0.25, -0.2) is 0 Å². The Morgan fingerprint density at radius 3 is 1.89 bits per heavy atom. The van der Waals surface area contributed by atoms with Gasteiger partial charge < -0.3 is 26.2 Å². The predicted octanol–water partition coefficient (Wildman–Crippen LogP) is 0.398. The van der Waals surface area contributed by atoms with Crippen LogP contribution in [0.25, 0.3) is 0 Å². The molecule has 2 unspecified atom stereocenters. The number of aliphatic hydroxyl groups excluding tert-OH is 1. The van der Waals surface area contributed by atoms with Crippen LogP contribution in [0.1, 0.15) is 47.0 Å². The van der Waals surface area contributed by atoms with Gasteiger partial charge in [0.15, 0.2) is 0 Å². The summed E-state index contributed by atoms with van der Waals surface area (Å²) in [6.45, 7) is 6.46. The van der Waals surface area contributed by atoms with Gasteiger partial charge in [-0.15, -0.1) is 0 Å². The van der Waals surface area contributed by atoms with E-state index in [0.717, 1.165) is 0 Å². The van der Waals surface area contributed by atoms with Crippen LogP contribution in [0.5, 0.6) is 0 Å². The van der Waals surface area contributed by atoms with Gasteiger partial charge in [0, 0.05) is 31.0 Å². The van der Waals surface area contributed by atoms with E-state index in [4.69, 9.17) is 10.2 Å². The molecule has 0 bridgehead atoms. The Morgan fingerprint density at radius 2 is 1.43 bits per heavy atom. The first-order valence-electron chi connectivity index (χ1n) is 9.02. The molecule has 0 aromatic rings. The van der Waals surface area contributed by atoms with Crippen LogP contribution in [0.2, 0.25) is 0 Å². The minimum absolute atomic E-state index is 0.0352. The molecule has 0 saturated carbocycles. The Hall–Kier alpha value is -1.68. The number of amides is 3. The van der Waals surface area contributed by atoms with Crippen molar-refractivity contribution in [2.24, 2.45) is 10.8 Å². The highest BCUT2D eigenvalue weighted by molar-refractivity contribution is 9.10. The number of alkyl halides is 1. The van der Waals surface area contributed by atoms with Crippen LogP contribution < -0.4 is 16.0 Å². The zero-order chi connectivity index (χ0) is 22.2. The fourth-order valence-electron chi connectivity index (χ4n) is 3.28. The molecule has 0 heterocycles. The Balaban J connectivity index is 5.55. The van der Waals surface area contributed by atoms with Crippen molar-refractivity contribution in [1.29, 1.82) is 0 Å². The standard InChI is InChI=1S/C18H32BrN3O6/c1-16(2,13(26)20-5)10-17(3,14(27)22-8-9-23)11-18(4,19)15(28)21-7-6-12(24)25/h23H,6-11H2,1-5H3,(H,20,26)(H,21,28)(H,22,27)(H,24,25). The first kappa shape index (κ1) is 26.3. The van der Waals surface area contributed by atoms with Gasteiger partial charge in [0.05, 0.1) is 13.0 Å². The maximum Gasteiger partial charge on any atom is 0.305 e. The molecule has 0 aliphatic carbocycles. The Bertz CT molecular complexity index is 594. The fourth-order valence-corrected chi connectivity index (χ4v) is 4.04. The smallest absolute Gasteiger partial charge is 0.305 e. The van der Waals surface area contributed by atoms with Gasteiger partial charge in [0.25, 0.3) is 0 Å². The molecule has 162 valence electrons. The van der Waals surface area contributed by atoms with Crippen LogP contribution in [0.4, 0.5) is 0 Å². The van der Waals surface area contributed by atoms with Crippen molar-refractivity contribution in [2.75, 3.05) is 26.7 Å². The van der Waals surface area contributed by atoms with Crippen LogP contribution in [-0.4, -0.2) is 65.0 Å². The Kier molecular flexibility index (Phi) is 10.1. The maximum atomic E-state index is 12.8. The summed E-state index contributed by atoms with van der Waals surface area (Å²) in [6.07, 6.45) is -0.0100. The molecular weight excluding hydrogens is 434 g/mol. The molecule has 0 aromatic heterocycles. The van der Waals surface area contributed by atoms with Crippen LogP contribution in [0.15, 0.2) is 0 Å². The zero-order valence-electron chi connectivity index (χ0n) is 17.1. The van der Waals surface area contributed by atoms with Crippen LogP contribution in [-0.2, 0) is 19.2 Å². The summed E-state index contributed by atoms with van der Waals surface area (Å²) in [5, 5.41) is 25.4. The molecular formula is C18H32BrN3O6. The average Bonchev–Trinajstić information content (AvgIpc) is 2.57. The lowest BCUT2D eigenvalue weighted by atomic mass is 9.68. The molecule has 28 heavy (non-hydrogen) atoms. The first-order chi connectivity index (χ1) is 12.7. The molecule has 0 radical (unpaired) electrons. The van der Waals surface area contributed by atoms with E-state index in [9.17, 15) is 19.2 Å². The van der Waals surface area contributed by atoms with Crippen molar-refractivity contribution < 1.29 is 29.4 Å². The number of nitrogens with one attached hydrogen (secondary N) is 3. The summed E-state index contributed by atoms with van der Waals surface area (Å²) in [5.74, 6) is -2.11. The minimum Gasteiger partial charge on any atom is -0.481 e. The van der Waals surface area contributed by atoms with E-state index in [-0.39, 0.29) is 50.8 Å². The largest absolute Gasteiger partial charge is 0.481 e. The van der Waals surface area contributed by atoms with Crippen LogP contribution in [0.3, 0.4) is 0 Å². The topological polar surface area (TPSA) is 145 Å². The predicted molar refractivity (Wildman–Crippen MR) is 108 cm³/mol. The van der Waals surface area contributed by atoms with Crippen molar-refractivity contribution >= 4 is 39.6 Å². The molecule has 0 spiro atoms. The lowest BCUT2D eigenvalue weighted by molar-refractivity contribution is -0.138. The number of halogens is 1. The van der Waals surface area contributed by atoms with Crippen molar-refractivity contribution in [3.63, 3.8) is 0 Å². The van der Waals surface area contributed by atoms with E-state index in [1.54, 1.807) is 27.7 Å². The van der Waals surface area contributed by atoms with E-state index in [0.29, 0.717) is 0 Å². The Labute approximate surface area is 174 Å². The number of hydrogen-bond acceptors (Lipinski definition) is 5. The number of carbonyl (C=O) groups is 4. The first-order valence-corrected chi connectivity index (χ1v) is 9.81. The summed E-state index contributed by atoms with van der Waals surface area (Å²) in [5.41, 5.74) is -2.00. The summed E-state index contributed by atoms with van der Waals surface area (Å²) in [7, 11) is 1.51. The molecule has 3 amide bonds. The molecule has 10 heteroatoms. The monoisotopic (exact) mass is 465 g/mol. The molecule has 0 saturated heterocycles. The highest BCUT2D eigenvalue weighted by atomic mass is 79.9. The number of carboxylic acids is 1. The van der Waals surface area contributed by atoms with Crippen molar-refractivity contribution in [3.8, 4) is 0 Å². The molecule has 0 aliphatic rings. The second-order valence-electron chi connectivity index (χ2n) is 7.95. The van der Waals surface area contributed by atoms with E-state index in [1.165, 1.54) is 7.05 Å². The highest BCUT2D eigenvalue weighted by Crippen LogP contribution is 2.42. The zero-order valence-corrected chi connectivity index (χ0v) is 18.7. The van der Waals surface area contributed by atoms with E-state index >= 15 is 0 Å². The van der Waals surface area contributed by atoms with E-state index in [1.807, 2.05) is 0 Å². The summed E-state index contributed by atoms with van der Waals surface area (Å²) in [6, 6.07) is 0. The lowest BCUT2D eigenvalue weighted by Gasteiger charge is -2.39. The van der Waals surface area contributed by atoms with Gasteiger partial charge in [-0.1, -0.05) is 36.7 Å². The maximum absolute atomic E-state index is 12.8. The molecule has 0 fully saturated rings. The third-order valence-electron chi connectivity index (χ3n) is 4.44. The Morgan fingerprint density at radius 1 is 0.893 bits per heavy atom. The number of aliphatic hydroxyl groups is 1. The molecule has 0 aromatic carbocycles. The van der Waals surface area contributed by atoms with Gasteiger partial charge in [-0.05, 0) is 19.8 Å². The van der Waals surface area contributed by atoms with Gasteiger partial charge in [0.1, 0.15) is 4.32 Å². The molecule has 0 aliphatic heterocycles. The van der Waals surface area contributed by atoms with Crippen molar-refractivity contribution in [2.45, 2.75) is 51.3 Å². The molecule has 0 rings (SSSR count). The summed E-state index contributed by atoms with van der Waals surface area (Å²) < 4.78 is -1.17. The number of carboxylic acid groups (broad SMARTS) is 1. The van der Waals surface area contributed by atoms with Crippen molar-refractivity contribution in [3.05, 3.63) is 0 Å². The normalized spacial score (nSPS) is 15.7. The number of rotatable bonds is 12. The van der Waals surface area contributed by atoms with Crippen LogP contribution >= 0.6 is 15.9 Å². The van der Waals surface area contributed by atoms with Gasteiger partial charge in [-0.3, -0.25) is 19.2 Å². The second-order valence-corrected chi connectivity index (χ2v) is 9.70. The third kappa shape index (κ3) is 8.14. The van der Waals surface area contributed by atoms with Gasteiger partial charge in [0.2, 0.25) is 17.7 Å². The lowest BCUT2D eigenvalue weighted by Crippen LogP contribution is -2.51. The SMILES string of the molecule is CNC(=O)C(C)(C)CC(C)(CC(C)(Br)C(=O)NCCC(=O)O)C(=O)NCCO. The molecule has 5 N–H and O–H groups in total. The minimum atomic E-state index is -1.17. The fraction of sp³-hybridized carbons (Fsp3) is 0.778. The highest BCUT2D eigenvalue weighted by Gasteiger charge is 2.47. The number of aliphatic carboxylic acids is 1. The van der Waals surface area contributed by atoms with Crippen molar-refractivity contribution in [1.82, 2.24) is 16.0 Å². The average molecular weight is 466 g/mol. The van der Waals surface area contributed by atoms with Gasteiger partial charge in [-0.2, -0.15) is 0 Å². The van der Waals surface area contributed by atoms with Crippen LogP contribution in [0, 0.1) is 10.8 Å². The number of hydrogen-bond donors (Lipinski definition) is 5. The third-order valence-corrected chi connectivity index (χ3v) is 5.08. The summed E-state index contributed by atoms with van der Waals surface area (Å²) >= 11 is 3.36. The summed E-state index contributed by atoms with van der Waals surface area (Å²) in [4.78, 5) is 48.2.